The molecule has 0 bridgehead atoms. The predicted octanol–water partition coefficient (Wildman–Crippen LogP) is 2.71. The zero-order valence-corrected chi connectivity index (χ0v) is 20.6. The molecule has 4 atom stereocenters. The molecule has 2 aliphatic rings. The minimum absolute atomic E-state index is 0.0939. The van der Waals surface area contributed by atoms with Crippen LogP contribution in [0.1, 0.15) is 41.2 Å². The lowest BCUT2D eigenvalue weighted by Gasteiger charge is -2.28. The van der Waals surface area contributed by atoms with E-state index in [1.54, 1.807) is 18.1 Å². The largest absolute Gasteiger partial charge is 0.496 e. The number of nitrogens with one attached hydrogen (secondary N) is 3. The van der Waals surface area contributed by atoms with Gasteiger partial charge in [-0.25, -0.2) is 0 Å². The van der Waals surface area contributed by atoms with Gasteiger partial charge >= 0.3 is 0 Å². The molecule has 190 valence electrons. The van der Waals surface area contributed by atoms with E-state index in [0.717, 1.165) is 16.5 Å². The van der Waals surface area contributed by atoms with Crippen molar-refractivity contribution < 1.29 is 19.1 Å². The van der Waals surface area contributed by atoms with Gasteiger partial charge in [0, 0.05) is 35.8 Å². The number of ether oxygens (including phenoxy) is 1. The first kappa shape index (κ1) is 24.4. The van der Waals surface area contributed by atoms with Crippen molar-refractivity contribution in [2.24, 2.45) is 5.92 Å². The van der Waals surface area contributed by atoms with Gasteiger partial charge in [0.1, 0.15) is 23.5 Å². The van der Waals surface area contributed by atoms with Crippen LogP contribution in [-0.2, 0) is 9.59 Å². The van der Waals surface area contributed by atoms with Crippen LogP contribution in [0, 0.1) is 17.2 Å². The van der Waals surface area contributed by atoms with Crippen LogP contribution in [0.2, 0.25) is 0 Å². The molecule has 2 fully saturated rings. The number of hydrogen-bond acceptors (Lipinski definition) is 5. The van der Waals surface area contributed by atoms with Crippen LogP contribution in [0.4, 0.5) is 0 Å². The molecule has 0 saturated carbocycles. The Kier molecular flexibility index (Phi) is 6.82. The molecule has 0 aliphatic carbocycles. The number of nitrogens with zero attached hydrogens (tertiary/aromatic N) is 2. The lowest BCUT2D eigenvalue weighted by Crippen LogP contribution is -2.51. The quantitative estimate of drug-likeness (QED) is 0.461. The summed E-state index contributed by atoms with van der Waals surface area (Å²) in [5, 5.41) is 16.1. The Morgan fingerprint density at radius 1 is 1.19 bits per heavy atom. The summed E-state index contributed by atoms with van der Waals surface area (Å²) in [4.78, 5) is 44.2. The fraction of sp³-hybridized carbons (Fsp3) is 0.357. The van der Waals surface area contributed by atoms with Crippen molar-refractivity contribution in [3.63, 3.8) is 0 Å². The summed E-state index contributed by atoms with van der Waals surface area (Å²) < 4.78 is 5.43. The number of nitriles is 1. The van der Waals surface area contributed by atoms with Gasteiger partial charge in [-0.05, 0) is 43.0 Å². The number of fused-ring (bicyclic) bond motifs is 1. The molecule has 5 rings (SSSR count). The number of benzene rings is 2. The first-order chi connectivity index (χ1) is 18.0. The summed E-state index contributed by atoms with van der Waals surface area (Å²) in [6, 6.07) is 17.4. The highest BCUT2D eigenvalue weighted by Gasteiger charge is 2.44. The standard InChI is InChI=1S/C28H29N5O4/c1-37-24-9-5-8-22-21(24)15-23(32-22)28(36)33-13-11-20(17-6-3-2-4-7-17)25(33)27(35)31-19(16-29)14-18-10-12-30-26(18)34/h2-9,15,18-20,25,32H,10-14H2,1H3,(H,30,34)(H,31,35)/t18?,19-,20?,25?/m0/s1. The van der Waals surface area contributed by atoms with Crippen LogP contribution in [0.5, 0.6) is 5.75 Å². The van der Waals surface area contributed by atoms with E-state index in [4.69, 9.17) is 4.74 Å². The molecule has 0 spiro atoms. The number of methoxy groups -OCH3 is 1. The molecule has 37 heavy (non-hydrogen) atoms. The molecular weight excluding hydrogens is 470 g/mol. The summed E-state index contributed by atoms with van der Waals surface area (Å²) in [5.41, 5.74) is 2.09. The number of likely N-dealkylation sites (tertiary alicyclic amines) is 1. The number of aromatic amines is 1. The molecule has 2 aliphatic heterocycles. The Morgan fingerprint density at radius 2 is 2.00 bits per heavy atom. The highest BCUT2D eigenvalue weighted by Crippen LogP contribution is 2.35. The van der Waals surface area contributed by atoms with Crippen molar-refractivity contribution in [1.29, 1.82) is 5.26 Å². The SMILES string of the molecule is COc1cccc2[nH]c(C(=O)N3CCC(c4ccccc4)C3C(=O)N[C@H](C#N)CC3CCNC3=O)cc12. The van der Waals surface area contributed by atoms with Gasteiger partial charge in [-0.2, -0.15) is 5.26 Å². The van der Waals surface area contributed by atoms with E-state index >= 15 is 0 Å². The van der Waals surface area contributed by atoms with Gasteiger partial charge in [-0.1, -0.05) is 36.4 Å². The zero-order chi connectivity index (χ0) is 25.9. The minimum Gasteiger partial charge on any atom is -0.496 e. The fourth-order valence-electron chi connectivity index (χ4n) is 5.52. The second kappa shape index (κ2) is 10.3. The van der Waals surface area contributed by atoms with Crippen LogP contribution in [-0.4, -0.2) is 59.9 Å². The van der Waals surface area contributed by atoms with Crippen molar-refractivity contribution in [1.82, 2.24) is 20.5 Å². The second-order valence-electron chi connectivity index (χ2n) is 9.56. The third-order valence-electron chi connectivity index (χ3n) is 7.38. The average Bonchev–Trinajstić information content (AvgIpc) is 3.66. The van der Waals surface area contributed by atoms with Gasteiger partial charge in [0.05, 0.1) is 13.2 Å². The number of amides is 3. The normalized spacial score (nSPS) is 21.9. The smallest absolute Gasteiger partial charge is 0.271 e. The maximum Gasteiger partial charge on any atom is 0.271 e. The zero-order valence-electron chi connectivity index (χ0n) is 20.6. The number of H-pyrrole nitrogens is 1. The third kappa shape index (κ3) is 4.75. The maximum absolute atomic E-state index is 13.7. The highest BCUT2D eigenvalue weighted by atomic mass is 16.5. The molecule has 3 N–H and O–H groups in total. The van der Waals surface area contributed by atoms with Crippen LogP contribution in [0.25, 0.3) is 10.9 Å². The van der Waals surface area contributed by atoms with Crippen LogP contribution in [0.3, 0.4) is 0 Å². The van der Waals surface area contributed by atoms with E-state index in [9.17, 15) is 19.6 Å². The maximum atomic E-state index is 13.7. The fourth-order valence-corrected chi connectivity index (χ4v) is 5.52. The van der Waals surface area contributed by atoms with Crippen molar-refractivity contribution >= 4 is 28.6 Å². The summed E-state index contributed by atoms with van der Waals surface area (Å²) >= 11 is 0. The topological polar surface area (TPSA) is 127 Å². The average molecular weight is 500 g/mol. The predicted molar refractivity (Wildman–Crippen MR) is 137 cm³/mol. The van der Waals surface area contributed by atoms with E-state index in [-0.39, 0.29) is 30.1 Å². The van der Waals surface area contributed by atoms with Gasteiger partial charge < -0.3 is 25.3 Å². The summed E-state index contributed by atoms with van der Waals surface area (Å²) in [6.07, 6.45) is 1.49. The Labute approximate surface area is 214 Å². The number of carbonyl (C=O) groups is 3. The number of aromatic nitrogens is 1. The van der Waals surface area contributed by atoms with E-state index in [1.165, 1.54) is 0 Å². The first-order valence-electron chi connectivity index (χ1n) is 12.5. The monoisotopic (exact) mass is 499 g/mol. The van der Waals surface area contributed by atoms with Gasteiger partial charge in [-0.3, -0.25) is 14.4 Å². The summed E-state index contributed by atoms with van der Waals surface area (Å²) in [5.74, 6) is -0.656. The van der Waals surface area contributed by atoms with Crippen molar-refractivity contribution in [2.75, 3.05) is 20.2 Å². The Hall–Kier alpha value is -4.32. The van der Waals surface area contributed by atoms with Crippen LogP contribution < -0.4 is 15.4 Å². The Morgan fingerprint density at radius 3 is 2.70 bits per heavy atom. The summed E-state index contributed by atoms with van der Waals surface area (Å²) in [7, 11) is 1.58. The molecule has 2 saturated heterocycles. The number of hydrogen-bond donors (Lipinski definition) is 3. The second-order valence-corrected chi connectivity index (χ2v) is 9.56. The molecule has 9 heteroatoms. The molecule has 0 radical (unpaired) electrons. The van der Waals surface area contributed by atoms with Crippen LogP contribution >= 0.6 is 0 Å². The highest BCUT2D eigenvalue weighted by molar-refractivity contribution is 6.02. The van der Waals surface area contributed by atoms with E-state index in [0.29, 0.717) is 37.4 Å². The number of rotatable bonds is 7. The van der Waals surface area contributed by atoms with E-state index < -0.39 is 18.0 Å². The lowest BCUT2D eigenvalue weighted by molar-refractivity contribution is -0.126. The minimum atomic E-state index is -0.826. The van der Waals surface area contributed by atoms with Gasteiger partial charge in [-0.15, -0.1) is 0 Å². The van der Waals surface area contributed by atoms with Crippen molar-refractivity contribution in [3.05, 3.63) is 65.9 Å². The molecule has 3 heterocycles. The van der Waals surface area contributed by atoms with Crippen LogP contribution in [0.15, 0.2) is 54.6 Å². The molecule has 9 nitrogen and oxygen atoms in total. The van der Waals surface area contributed by atoms with Gasteiger partial charge in [0.25, 0.3) is 5.91 Å². The molecular formula is C28H29N5O4. The van der Waals surface area contributed by atoms with E-state index in [1.807, 2.05) is 48.5 Å². The molecule has 3 unspecified atom stereocenters. The van der Waals surface area contributed by atoms with E-state index in [2.05, 4.69) is 21.7 Å². The third-order valence-corrected chi connectivity index (χ3v) is 7.38. The van der Waals surface area contributed by atoms with Crippen molar-refractivity contribution in [2.45, 2.75) is 37.3 Å². The summed E-state index contributed by atoms with van der Waals surface area (Å²) in [6.45, 7) is 0.969. The molecule has 1 aromatic heterocycles. The molecule has 3 aromatic rings. The lowest BCUT2D eigenvalue weighted by atomic mass is 9.90. The Balaban J connectivity index is 1.43. The first-order valence-corrected chi connectivity index (χ1v) is 12.5. The Bertz CT molecular complexity index is 1360. The van der Waals surface area contributed by atoms with Gasteiger partial charge in [0.2, 0.25) is 11.8 Å². The van der Waals surface area contributed by atoms with Crippen molar-refractivity contribution in [3.8, 4) is 11.8 Å². The molecule has 3 amide bonds. The number of carbonyl (C=O) groups excluding carboxylic acids is 3. The van der Waals surface area contributed by atoms with Gasteiger partial charge in [0.15, 0.2) is 0 Å². The molecule has 2 aromatic carbocycles.